The lowest BCUT2D eigenvalue weighted by atomic mass is 9.95. The largest absolute Gasteiger partial charge is 0.352 e. The topological polar surface area (TPSA) is 49.4 Å². The maximum atomic E-state index is 13.3. The van der Waals surface area contributed by atoms with Crippen LogP contribution in [0, 0.1) is 0 Å². The molecule has 2 aromatic rings. The normalized spacial score (nSPS) is 15.1. The predicted octanol–water partition coefficient (Wildman–Crippen LogP) is 7.40. The second-order valence-electron chi connectivity index (χ2n) is 8.53. The fourth-order valence-corrected chi connectivity index (χ4v) is 5.45. The Morgan fingerprint density at radius 1 is 0.941 bits per heavy atom. The first-order valence-corrected chi connectivity index (χ1v) is 14.0. The zero-order chi connectivity index (χ0) is 24.7. The first kappa shape index (κ1) is 27.5. The molecule has 2 aromatic carbocycles. The molecule has 9 heteroatoms. The summed E-state index contributed by atoms with van der Waals surface area (Å²) >= 11 is 25.8. The van der Waals surface area contributed by atoms with Gasteiger partial charge in [-0.25, -0.2) is 0 Å². The van der Waals surface area contributed by atoms with Crippen molar-refractivity contribution in [3.8, 4) is 0 Å². The Hall–Kier alpha value is -1.11. The van der Waals surface area contributed by atoms with E-state index in [0.717, 1.165) is 36.8 Å². The van der Waals surface area contributed by atoms with Crippen LogP contribution in [0.4, 0.5) is 0 Å². The summed E-state index contributed by atoms with van der Waals surface area (Å²) < 4.78 is 0. The molecule has 1 atom stereocenters. The van der Waals surface area contributed by atoms with Crippen LogP contribution in [-0.2, 0) is 21.9 Å². The van der Waals surface area contributed by atoms with Crippen LogP contribution in [0.5, 0.6) is 0 Å². The van der Waals surface area contributed by atoms with Crippen molar-refractivity contribution in [3.05, 3.63) is 67.6 Å². The summed E-state index contributed by atoms with van der Waals surface area (Å²) in [6, 6.07) is 10.3. The highest BCUT2D eigenvalue weighted by atomic mass is 35.5. The van der Waals surface area contributed by atoms with Crippen molar-refractivity contribution in [2.24, 2.45) is 0 Å². The standard InChI is InChI=1S/C25H28Cl4N2O2S/c1-16(25(33)30-19-5-3-2-4-6-19)31(13-17-7-9-20(26)22(28)11-17)24(32)15-34-14-18-8-10-21(27)23(29)12-18/h7-12,16,19H,2-6,13-15H2,1H3,(H,30,33)/t16-/m0/s1. The third-order valence-corrected chi connectivity index (χ3v) is 8.40. The van der Waals surface area contributed by atoms with Crippen molar-refractivity contribution in [2.75, 3.05) is 5.75 Å². The zero-order valence-electron chi connectivity index (χ0n) is 19.0. The molecule has 0 spiro atoms. The smallest absolute Gasteiger partial charge is 0.242 e. The van der Waals surface area contributed by atoms with Crippen LogP contribution in [0.25, 0.3) is 0 Å². The Bertz CT molecular complexity index is 1010. The Labute approximate surface area is 225 Å². The number of rotatable bonds is 9. The zero-order valence-corrected chi connectivity index (χ0v) is 22.8. The summed E-state index contributed by atoms with van der Waals surface area (Å²) in [6.07, 6.45) is 5.42. The van der Waals surface area contributed by atoms with Crippen molar-refractivity contribution in [2.45, 2.75) is 63.4 Å². The molecule has 1 saturated carbocycles. The number of carbonyl (C=O) groups excluding carboxylic acids is 2. The number of amides is 2. The predicted molar refractivity (Wildman–Crippen MR) is 144 cm³/mol. The minimum Gasteiger partial charge on any atom is -0.352 e. The number of thioether (sulfide) groups is 1. The molecule has 0 aliphatic heterocycles. The SMILES string of the molecule is C[C@@H](C(=O)NC1CCCCC1)N(Cc1ccc(Cl)c(Cl)c1)C(=O)CSCc1ccc(Cl)c(Cl)c1. The molecule has 1 aliphatic carbocycles. The Morgan fingerprint density at radius 3 is 2.15 bits per heavy atom. The first-order chi connectivity index (χ1) is 16.2. The number of halogens is 4. The quantitative estimate of drug-likeness (QED) is 0.347. The second-order valence-corrected chi connectivity index (χ2v) is 11.1. The van der Waals surface area contributed by atoms with E-state index in [1.807, 2.05) is 12.1 Å². The van der Waals surface area contributed by atoms with Gasteiger partial charge >= 0.3 is 0 Å². The van der Waals surface area contributed by atoms with Crippen molar-refractivity contribution >= 4 is 70.0 Å². The summed E-state index contributed by atoms with van der Waals surface area (Å²) in [5.74, 6) is 0.575. The van der Waals surface area contributed by atoms with Gasteiger partial charge in [0.1, 0.15) is 6.04 Å². The van der Waals surface area contributed by atoms with Gasteiger partial charge in [0.25, 0.3) is 0 Å². The molecule has 0 radical (unpaired) electrons. The summed E-state index contributed by atoms with van der Waals surface area (Å²) in [5, 5.41) is 4.99. The van der Waals surface area contributed by atoms with E-state index < -0.39 is 6.04 Å². The van der Waals surface area contributed by atoms with Gasteiger partial charge in [-0.05, 0) is 55.2 Å². The minimum atomic E-state index is -0.616. The van der Waals surface area contributed by atoms with Gasteiger partial charge in [-0.3, -0.25) is 9.59 Å². The summed E-state index contributed by atoms with van der Waals surface area (Å²) in [4.78, 5) is 27.9. The highest BCUT2D eigenvalue weighted by molar-refractivity contribution is 7.99. The van der Waals surface area contributed by atoms with Crippen LogP contribution < -0.4 is 5.32 Å². The molecule has 0 heterocycles. The van der Waals surface area contributed by atoms with Crippen LogP contribution in [0.1, 0.15) is 50.2 Å². The van der Waals surface area contributed by atoms with Gasteiger partial charge < -0.3 is 10.2 Å². The molecule has 4 nitrogen and oxygen atoms in total. The van der Waals surface area contributed by atoms with Gasteiger partial charge in [-0.15, -0.1) is 11.8 Å². The highest BCUT2D eigenvalue weighted by Gasteiger charge is 2.28. The molecule has 0 saturated heterocycles. The maximum absolute atomic E-state index is 13.3. The summed E-state index contributed by atoms with van der Waals surface area (Å²) in [7, 11) is 0. The molecule has 0 unspecified atom stereocenters. The molecule has 0 aromatic heterocycles. The van der Waals surface area contributed by atoms with Crippen molar-refractivity contribution < 1.29 is 9.59 Å². The van der Waals surface area contributed by atoms with Crippen molar-refractivity contribution in [3.63, 3.8) is 0 Å². The van der Waals surface area contributed by atoms with E-state index >= 15 is 0 Å². The van der Waals surface area contributed by atoms with E-state index in [1.54, 1.807) is 36.1 Å². The fraction of sp³-hybridized carbons (Fsp3) is 0.440. The van der Waals surface area contributed by atoms with Gasteiger partial charge in [0.2, 0.25) is 11.8 Å². The molecular formula is C25H28Cl4N2O2S. The average Bonchev–Trinajstić information content (AvgIpc) is 2.82. The lowest BCUT2D eigenvalue weighted by Gasteiger charge is -2.31. The average molecular weight is 562 g/mol. The van der Waals surface area contributed by atoms with Gasteiger partial charge in [-0.2, -0.15) is 0 Å². The highest BCUT2D eigenvalue weighted by Crippen LogP contribution is 2.26. The number of carbonyl (C=O) groups is 2. The van der Waals surface area contributed by atoms with Gasteiger partial charge in [0.15, 0.2) is 0 Å². The number of hydrogen-bond acceptors (Lipinski definition) is 3. The van der Waals surface area contributed by atoms with Crippen LogP contribution in [0.15, 0.2) is 36.4 Å². The van der Waals surface area contributed by atoms with E-state index in [4.69, 9.17) is 46.4 Å². The van der Waals surface area contributed by atoms with Crippen molar-refractivity contribution in [1.82, 2.24) is 10.2 Å². The lowest BCUT2D eigenvalue weighted by Crippen LogP contribution is -2.50. The number of hydrogen-bond donors (Lipinski definition) is 1. The minimum absolute atomic E-state index is 0.123. The third-order valence-electron chi connectivity index (χ3n) is 5.93. The van der Waals surface area contributed by atoms with Gasteiger partial charge in [0, 0.05) is 18.3 Å². The molecule has 3 rings (SSSR count). The maximum Gasteiger partial charge on any atom is 0.242 e. The van der Waals surface area contributed by atoms with E-state index in [2.05, 4.69) is 5.32 Å². The van der Waals surface area contributed by atoms with Crippen LogP contribution >= 0.6 is 58.2 Å². The monoisotopic (exact) mass is 560 g/mol. The number of nitrogens with zero attached hydrogens (tertiary/aromatic N) is 1. The van der Waals surface area contributed by atoms with E-state index in [1.165, 1.54) is 18.2 Å². The van der Waals surface area contributed by atoms with Crippen LogP contribution in [-0.4, -0.2) is 34.6 Å². The Balaban J connectivity index is 1.68. The molecule has 1 fully saturated rings. The molecular weight excluding hydrogens is 534 g/mol. The van der Waals surface area contributed by atoms with E-state index in [-0.39, 0.29) is 30.2 Å². The first-order valence-electron chi connectivity index (χ1n) is 11.3. The Morgan fingerprint density at radius 2 is 1.53 bits per heavy atom. The molecule has 184 valence electrons. The summed E-state index contributed by atoms with van der Waals surface area (Å²) in [5.41, 5.74) is 1.79. The Kier molecular flexibility index (Phi) is 10.7. The molecule has 2 amide bonds. The fourth-order valence-electron chi connectivity index (χ4n) is 3.95. The van der Waals surface area contributed by atoms with Crippen LogP contribution in [0.2, 0.25) is 20.1 Å². The van der Waals surface area contributed by atoms with Crippen molar-refractivity contribution in [1.29, 1.82) is 0 Å². The molecule has 34 heavy (non-hydrogen) atoms. The molecule has 1 aliphatic rings. The second kappa shape index (κ2) is 13.3. The summed E-state index contributed by atoms with van der Waals surface area (Å²) in [6.45, 7) is 2.04. The molecule has 1 N–H and O–H groups in total. The van der Waals surface area contributed by atoms with Gasteiger partial charge in [-0.1, -0.05) is 77.8 Å². The lowest BCUT2D eigenvalue weighted by molar-refractivity contribution is -0.139. The van der Waals surface area contributed by atoms with E-state index in [9.17, 15) is 9.59 Å². The third kappa shape index (κ3) is 7.96. The number of benzene rings is 2. The van der Waals surface area contributed by atoms with Crippen LogP contribution in [0.3, 0.4) is 0 Å². The molecule has 0 bridgehead atoms. The van der Waals surface area contributed by atoms with Gasteiger partial charge in [0.05, 0.1) is 25.8 Å². The number of nitrogens with one attached hydrogen (secondary N) is 1. The van der Waals surface area contributed by atoms with E-state index in [0.29, 0.717) is 25.8 Å².